The van der Waals surface area contributed by atoms with Gasteiger partial charge in [0.25, 0.3) is 5.91 Å². The van der Waals surface area contributed by atoms with Crippen LogP contribution in [-0.4, -0.2) is 54.1 Å². The van der Waals surface area contributed by atoms with Crippen LogP contribution in [0.2, 0.25) is 5.02 Å². The zero-order valence-electron chi connectivity index (χ0n) is 16.5. The number of ether oxygens (including phenoxy) is 1. The van der Waals surface area contributed by atoms with E-state index in [1.54, 1.807) is 0 Å². The zero-order chi connectivity index (χ0) is 21.3. The van der Waals surface area contributed by atoms with E-state index in [9.17, 15) is 13.2 Å². The van der Waals surface area contributed by atoms with E-state index in [1.165, 1.54) is 33.8 Å². The highest BCUT2D eigenvalue weighted by Gasteiger charge is 2.34. The van der Waals surface area contributed by atoms with Gasteiger partial charge in [-0.2, -0.15) is 4.31 Å². The molecule has 1 aromatic heterocycles. The van der Waals surface area contributed by atoms with Gasteiger partial charge in [-0.05, 0) is 32.0 Å². The van der Waals surface area contributed by atoms with Crippen LogP contribution < -0.4 is 5.32 Å². The molecule has 0 unspecified atom stereocenters. The molecule has 2 heterocycles. The second-order valence-electron chi connectivity index (χ2n) is 7.28. The van der Waals surface area contributed by atoms with Crippen LogP contribution in [0.25, 0.3) is 0 Å². The maximum atomic E-state index is 13.1. The van der Waals surface area contributed by atoms with Crippen molar-refractivity contribution in [3.05, 3.63) is 33.8 Å². The first kappa shape index (κ1) is 22.1. The Balaban J connectivity index is 1.86. The van der Waals surface area contributed by atoms with Crippen LogP contribution in [0.4, 0.5) is 5.13 Å². The molecule has 0 saturated carbocycles. The van der Waals surface area contributed by atoms with Crippen LogP contribution >= 0.6 is 22.9 Å². The lowest BCUT2D eigenvalue weighted by atomic mass is 10.2. The summed E-state index contributed by atoms with van der Waals surface area (Å²) in [6.07, 6.45) is -0.460. The normalized spacial score (nSPS) is 20.8. The van der Waals surface area contributed by atoms with Crippen LogP contribution in [0.1, 0.15) is 49.0 Å². The Labute approximate surface area is 179 Å². The molecule has 1 N–H and O–H groups in total. The monoisotopic (exact) mass is 458 g/mol. The molecule has 158 valence electrons. The van der Waals surface area contributed by atoms with Gasteiger partial charge in [0.2, 0.25) is 15.2 Å². The Kier molecular flexibility index (Phi) is 6.59. The molecule has 8 nitrogen and oxygen atoms in total. The number of carbonyl (C=O) groups is 1. The van der Waals surface area contributed by atoms with Gasteiger partial charge >= 0.3 is 0 Å². The van der Waals surface area contributed by atoms with E-state index in [4.69, 9.17) is 16.3 Å². The second kappa shape index (κ2) is 8.65. The standard InChI is InChI=1S/C18H23ClN4O4S2/c1-10(2)17-21-22-18(28-17)20-16(24)13-5-6-14(19)15(7-13)29(25,26)23-8-11(3)27-12(4)9-23/h5-7,10-12H,8-9H2,1-4H3,(H,20,22,24)/t11-,12-/m1/s1. The van der Waals surface area contributed by atoms with Crippen LogP contribution in [0.3, 0.4) is 0 Å². The molecule has 1 aliphatic heterocycles. The van der Waals surface area contributed by atoms with Crippen LogP contribution in [-0.2, 0) is 14.8 Å². The number of morpholine rings is 1. The van der Waals surface area contributed by atoms with Crippen molar-refractivity contribution in [2.75, 3.05) is 18.4 Å². The van der Waals surface area contributed by atoms with Crippen molar-refractivity contribution in [3.8, 4) is 0 Å². The number of carbonyl (C=O) groups excluding carboxylic acids is 1. The summed E-state index contributed by atoms with van der Waals surface area (Å²) >= 11 is 7.47. The van der Waals surface area contributed by atoms with Crippen molar-refractivity contribution in [2.24, 2.45) is 0 Å². The Bertz CT molecular complexity index is 999. The van der Waals surface area contributed by atoms with E-state index in [2.05, 4.69) is 15.5 Å². The number of sulfonamides is 1. The fourth-order valence-corrected chi connectivity index (χ4v) is 5.83. The number of nitrogens with one attached hydrogen (secondary N) is 1. The molecule has 1 saturated heterocycles. The lowest BCUT2D eigenvalue weighted by Crippen LogP contribution is -2.48. The van der Waals surface area contributed by atoms with Crippen molar-refractivity contribution in [3.63, 3.8) is 0 Å². The number of hydrogen-bond donors (Lipinski definition) is 1. The molecule has 1 fully saturated rings. The summed E-state index contributed by atoms with van der Waals surface area (Å²) in [6.45, 7) is 8.05. The number of anilines is 1. The third-order valence-corrected chi connectivity index (χ3v) is 7.80. The SMILES string of the molecule is CC(C)c1nnc(NC(=O)c2ccc(Cl)c(S(=O)(=O)N3C[C@@H](C)O[C@H](C)C3)c2)s1. The summed E-state index contributed by atoms with van der Waals surface area (Å²) in [4.78, 5) is 12.5. The van der Waals surface area contributed by atoms with Gasteiger partial charge < -0.3 is 4.74 Å². The number of amides is 1. The Hall–Kier alpha value is -1.59. The van der Waals surface area contributed by atoms with E-state index >= 15 is 0 Å². The molecule has 2 aromatic rings. The molecular weight excluding hydrogens is 436 g/mol. The zero-order valence-corrected chi connectivity index (χ0v) is 18.9. The molecule has 0 aliphatic carbocycles. The van der Waals surface area contributed by atoms with Crippen molar-refractivity contribution >= 4 is 44.0 Å². The third kappa shape index (κ3) is 4.95. The maximum Gasteiger partial charge on any atom is 0.257 e. The first-order chi connectivity index (χ1) is 13.6. The molecule has 0 radical (unpaired) electrons. The minimum atomic E-state index is -3.88. The molecule has 1 aromatic carbocycles. The molecule has 3 rings (SSSR count). The maximum absolute atomic E-state index is 13.1. The summed E-state index contributed by atoms with van der Waals surface area (Å²) in [5, 5.41) is 11.9. The van der Waals surface area contributed by atoms with E-state index < -0.39 is 15.9 Å². The second-order valence-corrected chi connectivity index (χ2v) is 10.6. The topological polar surface area (TPSA) is 101 Å². The Morgan fingerprint density at radius 1 is 1.28 bits per heavy atom. The largest absolute Gasteiger partial charge is 0.373 e. The van der Waals surface area contributed by atoms with Gasteiger partial charge in [0, 0.05) is 24.6 Å². The van der Waals surface area contributed by atoms with Crippen molar-refractivity contribution in [2.45, 2.75) is 50.7 Å². The predicted molar refractivity (Wildman–Crippen MR) is 112 cm³/mol. The number of halogens is 1. The molecule has 11 heteroatoms. The van der Waals surface area contributed by atoms with E-state index in [0.717, 1.165) is 5.01 Å². The van der Waals surface area contributed by atoms with Crippen LogP contribution in [0.15, 0.2) is 23.1 Å². The minimum absolute atomic E-state index is 0.0614. The number of hydrogen-bond acceptors (Lipinski definition) is 7. The quantitative estimate of drug-likeness (QED) is 0.737. The fraction of sp³-hybridized carbons (Fsp3) is 0.500. The van der Waals surface area contributed by atoms with Gasteiger partial charge in [0.15, 0.2) is 0 Å². The molecule has 0 bridgehead atoms. The molecule has 2 atom stereocenters. The Morgan fingerprint density at radius 3 is 2.52 bits per heavy atom. The van der Waals surface area contributed by atoms with Gasteiger partial charge in [-0.15, -0.1) is 10.2 Å². The van der Waals surface area contributed by atoms with Gasteiger partial charge in [-0.1, -0.05) is 36.8 Å². The summed E-state index contributed by atoms with van der Waals surface area (Å²) in [5.74, 6) is -0.281. The average molecular weight is 459 g/mol. The molecule has 29 heavy (non-hydrogen) atoms. The van der Waals surface area contributed by atoms with Gasteiger partial charge in [0.1, 0.15) is 9.90 Å². The lowest BCUT2D eigenvalue weighted by Gasteiger charge is -2.34. The lowest BCUT2D eigenvalue weighted by molar-refractivity contribution is -0.0440. The van der Waals surface area contributed by atoms with Gasteiger partial charge in [-0.3, -0.25) is 10.1 Å². The summed E-state index contributed by atoms with van der Waals surface area (Å²) < 4.78 is 33.2. The smallest absolute Gasteiger partial charge is 0.257 e. The summed E-state index contributed by atoms with van der Waals surface area (Å²) in [7, 11) is -3.88. The van der Waals surface area contributed by atoms with E-state index in [-0.39, 0.29) is 46.7 Å². The molecular formula is C18H23ClN4O4S2. The van der Waals surface area contributed by atoms with Crippen molar-refractivity contribution in [1.82, 2.24) is 14.5 Å². The third-order valence-electron chi connectivity index (χ3n) is 4.35. The van der Waals surface area contributed by atoms with Crippen LogP contribution in [0, 0.1) is 0 Å². The number of nitrogens with zero attached hydrogens (tertiary/aromatic N) is 3. The summed E-state index contributed by atoms with van der Waals surface area (Å²) in [6, 6.07) is 4.18. The highest BCUT2D eigenvalue weighted by molar-refractivity contribution is 7.89. The van der Waals surface area contributed by atoms with Gasteiger partial charge in [-0.25, -0.2) is 8.42 Å². The minimum Gasteiger partial charge on any atom is -0.373 e. The van der Waals surface area contributed by atoms with E-state index in [1.807, 2.05) is 27.7 Å². The molecule has 1 aliphatic rings. The van der Waals surface area contributed by atoms with E-state index in [0.29, 0.717) is 5.13 Å². The number of aromatic nitrogens is 2. The molecule has 0 spiro atoms. The highest BCUT2D eigenvalue weighted by atomic mass is 35.5. The number of rotatable bonds is 5. The first-order valence-corrected chi connectivity index (χ1v) is 11.8. The fourth-order valence-electron chi connectivity index (χ4n) is 3.00. The highest BCUT2D eigenvalue weighted by Crippen LogP contribution is 2.29. The predicted octanol–water partition coefficient (Wildman–Crippen LogP) is 3.37. The average Bonchev–Trinajstić information content (AvgIpc) is 3.10. The van der Waals surface area contributed by atoms with Gasteiger partial charge in [0.05, 0.1) is 17.2 Å². The van der Waals surface area contributed by atoms with Crippen LogP contribution in [0.5, 0.6) is 0 Å². The Morgan fingerprint density at radius 2 is 1.93 bits per heavy atom. The molecule has 1 amide bonds. The summed E-state index contributed by atoms with van der Waals surface area (Å²) in [5.41, 5.74) is 0.170. The van der Waals surface area contributed by atoms with Crippen molar-refractivity contribution in [1.29, 1.82) is 0 Å². The van der Waals surface area contributed by atoms with Crippen molar-refractivity contribution < 1.29 is 17.9 Å². The number of benzene rings is 1. The first-order valence-electron chi connectivity index (χ1n) is 9.18.